The maximum absolute atomic E-state index is 4.73. The van der Waals surface area contributed by atoms with Crippen molar-refractivity contribution in [2.75, 3.05) is 20.1 Å². The van der Waals surface area contributed by atoms with Crippen LogP contribution in [0.3, 0.4) is 0 Å². The van der Waals surface area contributed by atoms with Gasteiger partial charge >= 0.3 is 0 Å². The fraction of sp³-hybridized carbons (Fsp3) is 0.800. The van der Waals surface area contributed by atoms with Crippen molar-refractivity contribution in [3.05, 3.63) is 0 Å². The minimum atomic E-state index is 1.06. The second-order valence-corrected chi connectivity index (χ2v) is 2.27. The minimum absolute atomic E-state index is 1.06. The molecule has 0 spiro atoms. The molecule has 1 saturated heterocycles. The maximum Gasteiger partial charge on any atom is 0.0800 e. The summed E-state index contributed by atoms with van der Waals surface area (Å²) < 4.78 is 0. The van der Waals surface area contributed by atoms with E-state index in [1.807, 2.05) is 17.2 Å². The molecule has 1 fully saturated rings. The Kier molecular flexibility index (Phi) is 2.38. The molecule has 1 aliphatic heterocycles. The van der Waals surface area contributed by atoms with Crippen LogP contribution in [-0.2, 0) is 0 Å². The highest BCUT2D eigenvalue weighted by atomic mass is 32.1. The molecule has 1 aliphatic rings. The summed E-state index contributed by atoms with van der Waals surface area (Å²) in [6.07, 6.45) is 1.20. The van der Waals surface area contributed by atoms with Crippen molar-refractivity contribution in [1.82, 2.24) is 15.6 Å². The van der Waals surface area contributed by atoms with E-state index in [2.05, 4.69) is 5.43 Å². The number of nitrogens with one attached hydrogen (secondary N) is 1. The van der Waals surface area contributed by atoms with Crippen molar-refractivity contribution >= 4 is 17.7 Å². The molecule has 52 valence electrons. The zero-order chi connectivity index (χ0) is 6.69. The molecule has 0 radical (unpaired) electrons. The van der Waals surface area contributed by atoms with Gasteiger partial charge in [-0.25, -0.2) is 5.43 Å². The fourth-order valence-corrected chi connectivity index (χ4v) is 0.956. The molecule has 3 nitrogen and oxygen atoms in total. The Hall–Kier alpha value is -0.190. The molecule has 0 aromatic heterocycles. The van der Waals surface area contributed by atoms with Crippen LogP contribution >= 0.6 is 12.2 Å². The summed E-state index contributed by atoms with van der Waals surface area (Å²) in [5.41, 5.74) is 4.79. The average molecular weight is 145 g/mol. The van der Waals surface area contributed by atoms with Gasteiger partial charge in [0.2, 0.25) is 0 Å². The van der Waals surface area contributed by atoms with Crippen molar-refractivity contribution in [1.29, 1.82) is 0 Å². The quantitative estimate of drug-likeness (QED) is 0.551. The molecule has 0 atom stereocenters. The van der Waals surface area contributed by atoms with E-state index in [9.17, 15) is 0 Å². The van der Waals surface area contributed by atoms with Crippen LogP contribution in [0, 0.1) is 0 Å². The highest BCUT2D eigenvalue weighted by Gasteiger charge is 2.11. The maximum atomic E-state index is 4.73. The van der Waals surface area contributed by atoms with E-state index < -0.39 is 0 Å². The van der Waals surface area contributed by atoms with Crippen LogP contribution in [0.4, 0.5) is 0 Å². The van der Waals surface area contributed by atoms with Crippen LogP contribution in [-0.4, -0.2) is 35.8 Å². The van der Waals surface area contributed by atoms with Gasteiger partial charge < -0.3 is 0 Å². The van der Waals surface area contributed by atoms with Crippen molar-refractivity contribution in [3.63, 3.8) is 0 Å². The van der Waals surface area contributed by atoms with Crippen molar-refractivity contribution in [2.24, 2.45) is 0 Å². The number of hydrogen-bond acceptors (Lipinski definition) is 3. The van der Waals surface area contributed by atoms with E-state index in [4.69, 9.17) is 12.2 Å². The number of hydrogen-bond donors (Lipinski definition) is 1. The Morgan fingerprint density at radius 1 is 1.78 bits per heavy atom. The molecule has 0 aromatic carbocycles. The second kappa shape index (κ2) is 3.10. The summed E-state index contributed by atoms with van der Waals surface area (Å²) in [6.45, 7) is 2.12. The number of nitrogens with zero attached hydrogens (tertiary/aromatic N) is 2. The predicted octanol–water partition coefficient (Wildman–Crippen LogP) is 0.000700. The van der Waals surface area contributed by atoms with E-state index in [0.29, 0.717) is 0 Å². The molecular formula is C5H11N3S. The smallest absolute Gasteiger partial charge is 0.0800 e. The van der Waals surface area contributed by atoms with Crippen LogP contribution in [0.25, 0.3) is 0 Å². The van der Waals surface area contributed by atoms with E-state index >= 15 is 0 Å². The Balaban J connectivity index is 2.32. The van der Waals surface area contributed by atoms with E-state index in [1.54, 1.807) is 5.49 Å². The summed E-state index contributed by atoms with van der Waals surface area (Å²) >= 11 is 4.73. The van der Waals surface area contributed by atoms with Gasteiger partial charge in [-0.15, -0.1) is 0 Å². The van der Waals surface area contributed by atoms with Crippen molar-refractivity contribution < 1.29 is 0 Å². The van der Waals surface area contributed by atoms with Gasteiger partial charge in [0, 0.05) is 20.1 Å². The molecule has 0 aliphatic carbocycles. The number of thiocarbonyl (C=S) groups is 1. The van der Waals surface area contributed by atoms with Crippen LogP contribution in [0.15, 0.2) is 0 Å². The normalized spacial score (nSPS) is 20.1. The molecule has 1 N–H and O–H groups in total. The highest BCUT2D eigenvalue weighted by Crippen LogP contribution is 1.96. The summed E-state index contributed by atoms with van der Waals surface area (Å²) in [5, 5.41) is 3.88. The van der Waals surface area contributed by atoms with Gasteiger partial charge in [0.1, 0.15) is 0 Å². The Morgan fingerprint density at radius 2 is 2.56 bits per heavy atom. The van der Waals surface area contributed by atoms with Crippen LogP contribution in [0.1, 0.15) is 6.42 Å². The molecule has 0 aromatic rings. The lowest BCUT2D eigenvalue weighted by Crippen LogP contribution is -2.43. The minimum Gasteiger partial charge on any atom is -0.292 e. The summed E-state index contributed by atoms with van der Waals surface area (Å²) in [5.74, 6) is 0. The van der Waals surface area contributed by atoms with Crippen molar-refractivity contribution in [3.8, 4) is 0 Å². The molecule has 0 amide bonds. The molecule has 4 heteroatoms. The van der Waals surface area contributed by atoms with Gasteiger partial charge in [0.25, 0.3) is 0 Å². The van der Waals surface area contributed by atoms with Crippen molar-refractivity contribution in [2.45, 2.75) is 6.42 Å². The first-order valence-electron chi connectivity index (χ1n) is 3.03. The lowest BCUT2D eigenvalue weighted by Gasteiger charge is -2.24. The summed E-state index contributed by atoms with van der Waals surface area (Å²) in [4.78, 5) is 0. The molecule has 1 rings (SSSR count). The third kappa shape index (κ3) is 1.61. The van der Waals surface area contributed by atoms with Crippen LogP contribution in [0.5, 0.6) is 0 Å². The largest absolute Gasteiger partial charge is 0.292 e. The molecule has 0 unspecified atom stereocenters. The monoisotopic (exact) mass is 145 g/mol. The first kappa shape index (κ1) is 6.92. The highest BCUT2D eigenvalue weighted by molar-refractivity contribution is 7.78. The first-order valence-corrected chi connectivity index (χ1v) is 3.51. The van der Waals surface area contributed by atoms with E-state index in [1.165, 1.54) is 6.42 Å². The molecular weight excluding hydrogens is 134 g/mol. The Bertz CT molecular complexity index is 100. The fourth-order valence-electron chi connectivity index (χ4n) is 0.842. The summed E-state index contributed by atoms with van der Waals surface area (Å²) in [6, 6.07) is 0. The Morgan fingerprint density at radius 3 is 3.00 bits per heavy atom. The van der Waals surface area contributed by atoms with Gasteiger partial charge in [-0.1, -0.05) is 12.2 Å². The van der Waals surface area contributed by atoms with Gasteiger partial charge in [0.15, 0.2) is 0 Å². The molecule has 1 heterocycles. The van der Waals surface area contributed by atoms with Gasteiger partial charge in [-0.2, -0.15) is 5.12 Å². The standard InChI is InChI=1S/C5H11N3S/c1-7(5-9)8-4-2-3-6-8/h5-6H,2-4H2,1H3. The van der Waals surface area contributed by atoms with Gasteiger partial charge in [-0.3, -0.25) is 5.01 Å². The third-order valence-corrected chi connectivity index (χ3v) is 1.68. The van der Waals surface area contributed by atoms with Crippen LogP contribution in [0.2, 0.25) is 0 Å². The number of hydrazine groups is 2. The molecule has 9 heavy (non-hydrogen) atoms. The van der Waals surface area contributed by atoms with Crippen LogP contribution < -0.4 is 5.43 Å². The van der Waals surface area contributed by atoms with E-state index in [0.717, 1.165) is 13.1 Å². The predicted molar refractivity (Wildman–Crippen MR) is 40.7 cm³/mol. The van der Waals surface area contributed by atoms with E-state index in [-0.39, 0.29) is 0 Å². The topological polar surface area (TPSA) is 18.5 Å². The zero-order valence-electron chi connectivity index (χ0n) is 5.50. The second-order valence-electron chi connectivity index (χ2n) is 2.06. The Labute approximate surface area is 60.6 Å². The van der Waals surface area contributed by atoms with Gasteiger partial charge in [-0.05, 0) is 6.42 Å². The lowest BCUT2D eigenvalue weighted by atomic mass is 10.5. The van der Waals surface area contributed by atoms with Gasteiger partial charge in [0.05, 0.1) is 5.49 Å². The molecule has 0 bridgehead atoms. The SMILES string of the molecule is CN(C=S)N1CCCN1. The molecule has 0 saturated carbocycles. The zero-order valence-corrected chi connectivity index (χ0v) is 6.32. The number of rotatable bonds is 2. The summed E-state index contributed by atoms with van der Waals surface area (Å²) in [7, 11) is 1.94. The third-order valence-electron chi connectivity index (χ3n) is 1.37. The first-order chi connectivity index (χ1) is 4.34. The average Bonchev–Trinajstić information content (AvgIpc) is 2.37. The lowest BCUT2D eigenvalue weighted by molar-refractivity contribution is 0.0552.